The maximum Gasteiger partial charge on any atom is 0.243 e. The van der Waals surface area contributed by atoms with E-state index in [9.17, 15) is 8.42 Å². The van der Waals surface area contributed by atoms with Gasteiger partial charge in [-0.3, -0.25) is 0 Å². The molecule has 0 radical (unpaired) electrons. The predicted octanol–water partition coefficient (Wildman–Crippen LogP) is 2.79. The molecule has 0 spiro atoms. The molecule has 1 aliphatic heterocycles. The smallest absolute Gasteiger partial charge is 0.243 e. The number of anilines is 1. The molecule has 7 heteroatoms. The van der Waals surface area contributed by atoms with Crippen LogP contribution >= 0.6 is 0 Å². The Balaban J connectivity index is 1.48. The van der Waals surface area contributed by atoms with Crippen molar-refractivity contribution in [2.45, 2.75) is 44.4 Å². The number of hydrogen-bond acceptors (Lipinski definition) is 5. The summed E-state index contributed by atoms with van der Waals surface area (Å²) in [6.45, 7) is 7.91. The lowest BCUT2D eigenvalue weighted by Crippen LogP contribution is -2.49. The Hall–Kier alpha value is -1.99. The Morgan fingerprint density at radius 1 is 0.926 bits per heavy atom. The molecule has 27 heavy (non-hydrogen) atoms. The molecule has 1 saturated carbocycles. The van der Waals surface area contributed by atoms with Crippen molar-refractivity contribution in [1.82, 2.24) is 14.5 Å². The van der Waals surface area contributed by atoms with Gasteiger partial charge in [0.15, 0.2) is 5.82 Å². The fourth-order valence-electron chi connectivity index (χ4n) is 3.96. The molecule has 1 aromatic carbocycles. The first kappa shape index (κ1) is 18.4. The lowest BCUT2D eigenvalue weighted by Gasteiger charge is -2.35. The van der Waals surface area contributed by atoms with Gasteiger partial charge in [0.2, 0.25) is 10.0 Å². The summed E-state index contributed by atoms with van der Waals surface area (Å²) in [5.74, 6) is 1.42. The predicted molar refractivity (Wildman–Crippen MR) is 106 cm³/mol. The molecular weight excluding hydrogens is 360 g/mol. The average molecular weight is 387 g/mol. The third-order valence-corrected chi connectivity index (χ3v) is 7.64. The van der Waals surface area contributed by atoms with Gasteiger partial charge in [0.1, 0.15) is 0 Å². The van der Waals surface area contributed by atoms with Crippen LogP contribution in [-0.4, -0.2) is 49.1 Å². The summed E-state index contributed by atoms with van der Waals surface area (Å²) in [6, 6.07) is 7.95. The van der Waals surface area contributed by atoms with Crippen LogP contribution in [0.4, 0.5) is 5.82 Å². The normalized spacial score (nSPS) is 18.7. The van der Waals surface area contributed by atoms with Crippen molar-refractivity contribution in [3.63, 3.8) is 0 Å². The van der Waals surface area contributed by atoms with Crippen LogP contribution in [0, 0.1) is 20.8 Å². The molecule has 2 aromatic rings. The molecule has 0 unspecified atom stereocenters. The van der Waals surface area contributed by atoms with E-state index in [1.165, 1.54) is 12.8 Å². The van der Waals surface area contributed by atoms with Crippen LogP contribution in [-0.2, 0) is 10.0 Å². The van der Waals surface area contributed by atoms with E-state index < -0.39 is 10.0 Å². The maximum atomic E-state index is 13.2. The van der Waals surface area contributed by atoms with E-state index in [2.05, 4.69) is 21.2 Å². The quantitative estimate of drug-likeness (QED) is 0.808. The van der Waals surface area contributed by atoms with E-state index >= 15 is 0 Å². The highest BCUT2D eigenvalue weighted by Crippen LogP contribution is 2.38. The van der Waals surface area contributed by atoms with Crippen LogP contribution in [0.5, 0.6) is 0 Å². The number of aryl methyl sites for hydroxylation is 3. The Kier molecular flexibility index (Phi) is 4.68. The standard InChI is InChI=1S/C20H26N4O2S/c1-14-12-15(2)20(16(3)13-14)27(25,26)24-10-8-23(9-11-24)19-7-6-18(21-22-19)17-4-5-17/h6-7,12-13,17H,4-5,8-11H2,1-3H3. The zero-order valence-electron chi connectivity index (χ0n) is 16.1. The second kappa shape index (κ2) is 6.87. The summed E-state index contributed by atoms with van der Waals surface area (Å²) >= 11 is 0. The van der Waals surface area contributed by atoms with Crippen molar-refractivity contribution in [2.75, 3.05) is 31.1 Å². The Morgan fingerprint density at radius 3 is 2.07 bits per heavy atom. The number of rotatable bonds is 4. The topological polar surface area (TPSA) is 66.4 Å². The van der Waals surface area contributed by atoms with Gasteiger partial charge in [0, 0.05) is 32.1 Å². The van der Waals surface area contributed by atoms with Gasteiger partial charge in [-0.2, -0.15) is 9.40 Å². The summed E-state index contributed by atoms with van der Waals surface area (Å²) in [7, 11) is -3.48. The van der Waals surface area contributed by atoms with Gasteiger partial charge in [0.25, 0.3) is 0 Å². The molecule has 1 aromatic heterocycles. The van der Waals surface area contributed by atoms with Crippen LogP contribution in [0.3, 0.4) is 0 Å². The minimum Gasteiger partial charge on any atom is -0.352 e. The molecule has 1 saturated heterocycles. The first-order valence-corrected chi connectivity index (χ1v) is 11.0. The van der Waals surface area contributed by atoms with Crippen LogP contribution in [0.1, 0.15) is 41.1 Å². The van der Waals surface area contributed by atoms with Crippen LogP contribution in [0.15, 0.2) is 29.2 Å². The van der Waals surface area contributed by atoms with E-state index in [1.807, 2.05) is 39.0 Å². The molecule has 0 amide bonds. The number of hydrogen-bond donors (Lipinski definition) is 0. The van der Waals surface area contributed by atoms with Crippen molar-refractivity contribution in [2.24, 2.45) is 0 Å². The molecule has 0 atom stereocenters. The first-order chi connectivity index (χ1) is 12.9. The zero-order valence-corrected chi connectivity index (χ0v) is 17.0. The number of aromatic nitrogens is 2. The van der Waals surface area contributed by atoms with Gasteiger partial charge >= 0.3 is 0 Å². The number of nitrogens with zero attached hydrogens (tertiary/aromatic N) is 4. The molecule has 0 N–H and O–H groups in total. The van der Waals surface area contributed by atoms with Gasteiger partial charge in [-0.05, 0) is 56.9 Å². The highest BCUT2D eigenvalue weighted by atomic mass is 32.2. The molecule has 2 heterocycles. The molecule has 4 rings (SSSR count). The summed E-state index contributed by atoms with van der Waals surface area (Å²) < 4.78 is 28.0. The maximum absolute atomic E-state index is 13.2. The van der Waals surface area contributed by atoms with Crippen LogP contribution in [0.2, 0.25) is 0 Å². The van der Waals surface area contributed by atoms with Crippen LogP contribution in [0.25, 0.3) is 0 Å². The first-order valence-electron chi connectivity index (χ1n) is 9.53. The summed E-state index contributed by atoms with van der Waals surface area (Å²) in [5.41, 5.74) is 3.79. The van der Waals surface area contributed by atoms with Gasteiger partial charge in [0.05, 0.1) is 10.6 Å². The Bertz CT molecular complexity index is 921. The molecule has 2 aliphatic rings. The lowest BCUT2D eigenvalue weighted by atomic mass is 10.1. The van der Waals surface area contributed by atoms with Crippen molar-refractivity contribution in [1.29, 1.82) is 0 Å². The third kappa shape index (κ3) is 3.58. The number of benzene rings is 1. The monoisotopic (exact) mass is 386 g/mol. The second-order valence-electron chi connectivity index (χ2n) is 7.71. The zero-order chi connectivity index (χ0) is 19.2. The second-order valence-corrected chi connectivity index (χ2v) is 9.58. The summed E-state index contributed by atoms with van der Waals surface area (Å²) in [5, 5.41) is 8.69. The van der Waals surface area contributed by atoms with E-state index in [4.69, 9.17) is 0 Å². The SMILES string of the molecule is Cc1cc(C)c(S(=O)(=O)N2CCN(c3ccc(C4CC4)nn3)CC2)c(C)c1. The summed E-state index contributed by atoms with van der Waals surface area (Å²) in [6.07, 6.45) is 2.42. The van der Waals surface area contributed by atoms with Crippen molar-refractivity contribution < 1.29 is 8.42 Å². The lowest BCUT2D eigenvalue weighted by molar-refractivity contribution is 0.383. The minimum absolute atomic E-state index is 0.454. The van der Waals surface area contributed by atoms with Gasteiger partial charge in [-0.25, -0.2) is 8.42 Å². The Labute approximate surface area is 161 Å². The van der Waals surface area contributed by atoms with Crippen LogP contribution < -0.4 is 4.90 Å². The molecule has 144 valence electrons. The largest absolute Gasteiger partial charge is 0.352 e. The third-order valence-electron chi connectivity index (χ3n) is 5.43. The van der Waals surface area contributed by atoms with E-state index in [1.54, 1.807) is 4.31 Å². The average Bonchev–Trinajstić information content (AvgIpc) is 3.46. The fraction of sp³-hybridized carbons (Fsp3) is 0.500. The molecule has 0 bridgehead atoms. The van der Waals surface area contributed by atoms with E-state index in [0.29, 0.717) is 37.0 Å². The Morgan fingerprint density at radius 2 is 1.56 bits per heavy atom. The number of sulfonamides is 1. The van der Waals surface area contributed by atoms with Gasteiger partial charge in [-0.15, -0.1) is 5.10 Å². The van der Waals surface area contributed by atoms with Crippen molar-refractivity contribution in [3.8, 4) is 0 Å². The molecule has 2 fully saturated rings. The number of piperazine rings is 1. The highest BCUT2D eigenvalue weighted by molar-refractivity contribution is 7.89. The van der Waals surface area contributed by atoms with E-state index in [0.717, 1.165) is 28.2 Å². The highest BCUT2D eigenvalue weighted by Gasteiger charge is 2.31. The molecule has 6 nitrogen and oxygen atoms in total. The van der Waals surface area contributed by atoms with Crippen molar-refractivity contribution >= 4 is 15.8 Å². The van der Waals surface area contributed by atoms with Gasteiger partial charge in [-0.1, -0.05) is 17.7 Å². The summed E-state index contributed by atoms with van der Waals surface area (Å²) in [4.78, 5) is 2.57. The van der Waals surface area contributed by atoms with Gasteiger partial charge < -0.3 is 4.90 Å². The molecular formula is C20H26N4O2S. The fourth-order valence-corrected chi connectivity index (χ4v) is 5.80. The van der Waals surface area contributed by atoms with Crippen molar-refractivity contribution in [3.05, 3.63) is 46.6 Å². The minimum atomic E-state index is -3.48. The van der Waals surface area contributed by atoms with E-state index in [-0.39, 0.29) is 0 Å². The molecule has 1 aliphatic carbocycles.